The molecule has 1 unspecified atom stereocenters. The van der Waals surface area contributed by atoms with E-state index in [1.807, 2.05) is 6.07 Å². The third kappa shape index (κ3) is 6.82. The van der Waals surface area contributed by atoms with Gasteiger partial charge in [0.25, 0.3) is 0 Å². The van der Waals surface area contributed by atoms with Crippen molar-refractivity contribution in [2.24, 2.45) is 0 Å². The molecule has 1 rings (SSSR count). The highest BCUT2D eigenvalue weighted by Crippen LogP contribution is 2.20. The van der Waals surface area contributed by atoms with Gasteiger partial charge in [0.2, 0.25) is 0 Å². The molecule has 0 heterocycles. The second-order valence-electron chi connectivity index (χ2n) is 6.01. The van der Waals surface area contributed by atoms with E-state index < -0.39 is 0 Å². The van der Waals surface area contributed by atoms with Crippen molar-refractivity contribution in [3.63, 3.8) is 0 Å². The molecule has 2 nitrogen and oxygen atoms in total. The zero-order valence-electron chi connectivity index (χ0n) is 12.8. The molecule has 20 heavy (non-hydrogen) atoms. The monoisotopic (exact) mass is 345 g/mol. The summed E-state index contributed by atoms with van der Waals surface area (Å²) in [6, 6.07) is 5.08. The molecule has 0 radical (unpaired) electrons. The Kier molecular flexibility index (Phi) is 7.13. The third-order valence-corrected chi connectivity index (χ3v) is 3.62. The minimum atomic E-state index is -0.218. The van der Waals surface area contributed by atoms with Gasteiger partial charge in [-0.2, -0.15) is 0 Å². The number of ether oxygens (including phenoxy) is 1. The second kappa shape index (κ2) is 8.11. The molecule has 0 saturated heterocycles. The topological polar surface area (TPSA) is 21.3 Å². The molecule has 0 bridgehead atoms. The van der Waals surface area contributed by atoms with Crippen LogP contribution in [0.25, 0.3) is 0 Å². The number of halogens is 2. The fraction of sp³-hybridized carbons (Fsp3) is 0.625. The van der Waals surface area contributed by atoms with Gasteiger partial charge in [-0.15, -0.1) is 0 Å². The van der Waals surface area contributed by atoms with E-state index in [1.165, 1.54) is 12.1 Å². The van der Waals surface area contributed by atoms with E-state index in [1.54, 1.807) is 0 Å². The van der Waals surface area contributed by atoms with Crippen molar-refractivity contribution >= 4 is 15.9 Å². The zero-order chi connectivity index (χ0) is 15.2. The molecule has 0 aliphatic carbocycles. The van der Waals surface area contributed by atoms with Gasteiger partial charge in [0.15, 0.2) is 0 Å². The highest BCUT2D eigenvalue weighted by atomic mass is 79.9. The molecule has 0 aliphatic rings. The maximum absolute atomic E-state index is 13.1. The fourth-order valence-corrected chi connectivity index (χ4v) is 2.35. The zero-order valence-corrected chi connectivity index (χ0v) is 14.4. The molecule has 114 valence electrons. The van der Waals surface area contributed by atoms with Gasteiger partial charge in [0.1, 0.15) is 5.82 Å². The average molecular weight is 346 g/mol. The molecule has 1 atom stereocenters. The Morgan fingerprint density at radius 3 is 2.60 bits per heavy atom. The summed E-state index contributed by atoms with van der Waals surface area (Å²) in [4.78, 5) is 0. The SMILES string of the molecule is CCCNC(COC(C)(C)C)Cc1ccc(F)cc1Br. The maximum Gasteiger partial charge on any atom is 0.124 e. The van der Waals surface area contributed by atoms with Gasteiger partial charge in [0.05, 0.1) is 12.2 Å². The van der Waals surface area contributed by atoms with E-state index in [0.717, 1.165) is 29.4 Å². The summed E-state index contributed by atoms with van der Waals surface area (Å²) in [7, 11) is 0. The van der Waals surface area contributed by atoms with Gasteiger partial charge >= 0.3 is 0 Å². The Morgan fingerprint density at radius 1 is 1.35 bits per heavy atom. The molecule has 0 aromatic heterocycles. The van der Waals surface area contributed by atoms with Gasteiger partial charge in [0, 0.05) is 10.5 Å². The molecular formula is C16H25BrFNO. The number of hydrogen-bond acceptors (Lipinski definition) is 2. The average Bonchev–Trinajstić information content (AvgIpc) is 2.34. The fourth-order valence-electron chi connectivity index (χ4n) is 1.84. The van der Waals surface area contributed by atoms with Crippen LogP contribution in [0.3, 0.4) is 0 Å². The van der Waals surface area contributed by atoms with Crippen molar-refractivity contribution in [2.45, 2.75) is 52.2 Å². The molecule has 1 aromatic rings. The summed E-state index contributed by atoms with van der Waals surface area (Å²) in [6.07, 6.45) is 1.90. The van der Waals surface area contributed by atoms with Crippen molar-refractivity contribution in [1.29, 1.82) is 0 Å². The van der Waals surface area contributed by atoms with Crippen molar-refractivity contribution < 1.29 is 9.13 Å². The van der Waals surface area contributed by atoms with E-state index in [9.17, 15) is 4.39 Å². The van der Waals surface area contributed by atoms with E-state index in [2.05, 4.69) is 48.9 Å². The first-order chi connectivity index (χ1) is 9.31. The summed E-state index contributed by atoms with van der Waals surface area (Å²) in [6.45, 7) is 9.90. The molecule has 1 aromatic carbocycles. The highest BCUT2D eigenvalue weighted by molar-refractivity contribution is 9.10. The van der Waals surface area contributed by atoms with Crippen LogP contribution >= 0.6 is 15.9 Å². The lowest BCUT2D eigenvalue weighted by molar-refractivity contribution is -0.0143. The van der Waals surface area contributed by atoms with E-state index >= 15 is 0 Å². The standard InChI is InChI=1S/C16H25BrFNO/c1-5-8-19-14(11-20-16(2,3)4)9-12-6-7-13(18)10-15(12)17/h6-7,10,14,19H,5,8-9,11H2,1-4H3. The number of benzene rings is 1. The van der Waals surface area contributed by atoms with Crippen LogP contribution in [-0.2, 0) is 11.2 Å². The van der Waals surface area contributed by atoms with Crippen LogP contribution < -0.4 is 5.32 Å². The summed E-state index contributed by atoms with van der Waals surface area (Å²) >= 11 is 3.43. The number of hydrogen-bond donors (Lipinski definition) is 1. The van der Waals surface area contributed by atoms with Crippen molar-refractivity contribution in [3.8, 4) is 0 Å². The van der Waals surface area contributed by atoms with Crippen molar-refractivity contribution in [1.82, 2.24) is 5.32 Å². The highest BCUT2D eigenvalue weighted by Gasteiger charge is 2.16. The maximum atomic E-state index is 13.1. The molecule has 0 spiro atoms. The first-order valence-corrected chi connectivity index (χ1v) is 7.92. The Bertz CT molecular complexity index is 417. The lowest BCUT2D eigenvalue weighted by Crippen LogP contribution is -2.38. The van der Waals surface area contributed by atoms with Crippen LogP contribution in [0.1, 0.15) is 39.7 Å². The molecular weight excluding hydrogens is 321 g/mol. The molecule has 0 aliphatic heterocycles. The molecule has 1 N–H and O–H groups in total. The van der Waals surface area contributed by atoms with Gasteiger partial charge in [-0.25, -0.2) is 4.39 Å². The first kappa shape index (κ1) is 17.6. The molecule has 4 heteroatoms. The summed E-state index contributed by atoms with van der Waals surface area (Å²) in [5, 5.41) is 3.49. The normalized spacial score (nSPS) is 13.5. The van der Waals surface area contributed by atoms with Gasteiger partial charge in [-0.3, -0.25) is 0 Å². The van der Waals surface area contributed by atoms with Crippen LogP contribution in [-0.4, -0.2) is 24.8 Å². The predicted octanol–water partition coefficient (Wildman–Crippen LogP) is 4.31. The second-order valence-corrected chi connectivity index (χ2v) is 6.87. The molecule has 0 saturated carbocycles. The van der Waals surface area contributed by atoms with E-state index in [4.69, 9.17) is 4.74 Å². The number of nitrogens with one attached hydrogen (secondary N) is 1. The van der Waals surface area contributed by atoms with Crippen molar-refractivity contribution in [2.75, 3.05) is 13.2 Å². The van der Waals surface area contributed by atoms with E-state index in [0.29, 0.717) is 6.61 Å². The predicted molar refractivity (Wildman–Crippen MR) is 85.6 cm³/mol. The molecule has 0 amide bonds. The van der Waals surface area contributed by atoms with Gasteiger partial charge in [-0.05, 0) is 57.9 Å². The Labute approximate surface area is 130 Å². The van der Waals surface area contributed by atoms with Gasteiger partial charge in [-0.1, -0.05) is 28.9 Å². The minimum absolute atomic E-state index is 0.147. The summed E-state index contributed by atoms with van der Waals surface area (Å²) < 4.78 is 19.8. The number of rotatable bonds is 7. The minimum Gasteiger partial charge on any atom is -0.374 e. The Balaban J connectivity index is 2.67. The lowest BCUT2D eigenvalue weighted by atomic mass is 10.1. The Morgan fingerprint density at radius 2 is 2.05 bits per heavy atom. The smallest absolute Gasteiger partial charge is 0.124 e. The van der Waals surface area contributed by atoms with Crippen LogP contribution in [0.4, 0.5) is 4.39 Å². The van der Waals surface area contributed by atoms with Crippen LogP contribution in [0.2, 0.25) is 0 Å². The summed E-state index contributed by atoms with van der Waals surface area (Å²) in [5.41, 5.74) is 0.948. The van der Waals surface area contributed by atoms with Crippen LogP contribution in [0.5, 0.6) is 0 Å². The van der Waals surface area contributed by atoms with Crippen molar-refractivity contribution in [3.05, 3.63) is 34.1 Å². The van der Waals surface area contributed by atoms with Crippen LogP contribution in [0, 0.1) is 5.82 Å². The Hall–Kier alpha value is -0.450. The third-order valence-electron chi connectivity index (χ3n) is 2.88. The first-order valence-electron chi connectivity index (χ1n) is 7.13. The molecule has 0 fully saturated rings. The van der Waals surface area contributed by atoms with Crippen LogP contribution in [0.15, 0.2) is 22.7 Å². The quantitative estimate of drug-likeness (QED) is 0.794. The lowest BCUT2D eigenvalue weighted by Gasteiger charge is -2.25. The van der Waals surface area contributed by atoms with Gasteiger partial charge < -0.3 is 10.1 Å². The largest absolute Gasteiger partial charge is 0.374 e. The van der Waals surface area contributed by atoms with E-state index in [-0.39, 0.29) is 17.5 Å². The summed E-state index contributed by atoms with van der Waals surface area (Å²) in [5.74, 6) is -0.218.